The van der Waals surface area contributed by atoms with Gasteiger partial charge in [0.1, 0.15) is 0 Å². The standard InChI is InChI=1S/C10H21N3OS/c1-4-6-13(7-9(11)15)8-10(14)12(3)5-2/h4-8H2,1-3H3,(H2,11,15). The van der Waals surface area contributed by atoms with Gasteiger partial charge >= 0.3 is 0 Å². The van der Waals surface area contributed by atoms with Crippen LogP contribution in [0.2, 0.25) is 0 Å². The average molecular weight is 231 g/mol. The van der Waals surface area contributed by atoms with Crippen molar-refractivity contribution >= 4 is 23.1 Å². The van der Waals surface area contributed by atoms with Crippen LogP contribution in [0.4, 0.5) is 0 Å². The molecule has 0 rings (SSSR count). The number of hydrogen-bond donors (Lipinski definition) is 1. The Balaban J connectivity index is 4.14. The van der Waals surface area contributed by atoms with Crippen molar-refractivity contribution in [2.24, 2.45) is 5.73 Å². The fraction of sp³-hybridized carbons (Fsp3) is 0.800. The number of nitrogens with two attached hydrogens (primary N) is 1. The number of rotatable bonds is 7. The van der Waals surface area contributed by atoms with Gasteiger partial charge in [0.25, 0.3) is 0 Å². The maximum Gasteiger partial charge on any atom is 0.236 e. The molecule has 0 aliphatic rings. The summed E-state index contributed by atoms with van der Waals surface area (Å²) < 4.78 is 0. The molecule has 15 heavy (non-hydrogen) atoms. The number of hydrogen-bond acceptors (Lipinski definition) is 3. The van der Waals surface area contributed by atoms with Crippen molar-refractivity contribution in [2.45, 2.75) is 20.3 Å². The molecule has 2 N–H and O–H groups in total. The Kier molecular flexibility index (Phi) is 7.25. The van der Waals surface area contributed by atoms with Crippen LogP contribution in [-0.2, 0) is 4.79 Å². The predicted molar refractivity (Wildman–Crippen MR) is 66.8 cm³/mol. The van der Waals surface area contributed by atoms with Gasteiger partial charge in [-0.15, -0.1) is 0 Å². The van der Waals surface area contributed by atoms with Crippen molar-refractivity contribution in [1.29, 1.82) is 0 Å². The highest BCUT2D eigenvalue weighted by atomic mass is 32.1. The summed E-state index contributed by atoms with van der Waals surface area (Å²) in [6.07, 6.45) is 0.992. The molecule has 0 aromatic heterocycles. The van der Waals surface area contributed by atoms with Gasteiger partial charge in [0.2, 0.25) is 5.91 Å². The highest BCUT2D eigenvalue weighted by molar-refractivity contribution is 7.80. The normalized spacial score (nSPS) is 10.4. The van der Waals surface area contributed by atoms with E-state index in [0.29, 0.717) is 18.1 Å². The molecule has 0 bridgehead atoms. The molecule has 0 aliphatic heterocycles. The molecule has 0 aliphatic carbocycles. The van der Waals surface area contributed by atoms with E-state index in [9.17, 15) is 4.79 Å². The molecule has 4 nitrogen and oxygen atoms in total. The van der Waals surface area contributed by atoms with E-state index in [1.54, 1.807) is 11.9 Å². The van der Waals surface area contributed by atoms with Gasteiger partial charge in [0.15, 0.2) is 0 Å². The summed E-state index contributed by atoms with van der Waals surface area (Å²) >= 11 is 4.84. The second-order valence-electron chi connectivity index (χ2n) is 3.58. The zero-order chi connectivity index (χ0) is 11.8. The third-order valence-electron chi connectivity index (χ3n) is 2.18. The summed E-state index contributed by atoms with van der Waals surface area (Å²) in [4.78, 5) is 15.8. The number of carbonyl (C=O) groups excluding carboxylic acids is 1. The summed E-state index contributed by atoms with van der Waals surface area (Å²) in [5.74, 6) is 0.113. The van der Waals surface area contributed by atoms with Crippen LogP contribution in [0.25, 0.3) is 0 Å². The number of carbonyl (C=O) groups is 1. The molecule has 0 fully saturated rings. The smallest absolute Gasteiger partial charge is 0.236 e. The quantitative estimate of drug-likeness (QED) is 0.647. The number of likely N-dealkylation sites (N-methyl/N-ethyl adjacent to an activating group) is 1. The number of thiocarbonyl (C=S) groups is 1. The van der Waals surface area contributed by atoms with Crippen LogP contribution in [0.15, 0.2) is 0 Å². The van der Waals surface area contributed by atoms with Crippen molar-refractivity contribution < 1.29 is 4.79 Å². The van der Waals surface area contributed by atoms with Crippen molar-refractivity contribution in [3.63, 3.8) is 0 Å². The fourth-order valence-electron chi connectivity index (χ4n) is 1.24. The second-order valence-corrected chi connectivity index (χ2v) is 4.11. The Hall–Kier alpha value is -0.680. The molecule has 0 saturated carbocycles. The summed E-state index contributed by atoms with van der Waals surface area (Å²) in [6.45, 7) is 6.52. The Labute approximate surface area is 97.4 Å². The van der Waals surface area contributed by atoms with Crippen LogP contribution in [0, 0.1) is 0 Å². The van der Waals surface area contributed by atoms with Crippen LogP contribution in [0.3, 0.4) is 0 Å². The first-order valence-electron chi connectivity index (χ1n) is 5.25. The summed E-state index contributed by atoms with van der Waals surface area (Å²) in [5, 5.41) is 0. The Morgan fingerprint density at radius 2 is 1.93 bits per heavy atom. The average Bonchev–Trinajstić information content (AvgIpc) is 2.15. The van der Waals surface area contributed by atoms with Gasteiger partial charge in [-0.1, -0.05) is 19.1 Å². The first-order chi connectivity index (χ1) is 7.01. The first-order valence-corrected chi connectivity index (χ1v) is 5.66. The molecule has 0 atom stereocenters. The SMILES string of the molecule is CCCN(CC(=O)N(C)CC)CC(N)=S. The molecule has 0 heterocycles. The summed E-state index contributed by atoms with van der Waals surface area (Å²) in [5.41, 5.74) is 5.47. The molecule has 1 amide bonds. The Morgan fingerprint density at radius 1 is 1.33 bits per heavy atom. The molecule has 0 radical (unpaired) electrons. The van der Waals surface area contributed by atoms with E-state index in [4.69, 9.17) is 18.0 Å². The van der Waals surface area contributed by atoms with Crippen LogP contribution < -0.4 is 5.73 Å². The Morgan fingerprint density at radius 3 is 2.33 bits per heavy atom. The molecule has 0 aromatic rings. The highest BCUT2D eigenvalue weighted by Crippen LogP contribution is 1.94. The van der Waals surface area contributed by atoms with E-state index in [0.717, 1.165) is 19.5 Å². The molecule has 0 unspecified atom stereocenters. The van der Waals surface area contributed by atoms with Gasteiger partial charge in [-0.25, -0.2) is 0 Å². The topological polar surface area (TPSA) is 49.6 Å². The molecule has 0 aromatic carbocycles. The Bertz CT molecular complexity index is 221. The molecule has 5 heteroatoms. The molecular weight excluding hydrogens is 210 g/mol. The monoisotopic (exact) mass is 231 g/mol. The largest absolute Gasteiger partial charge is 0.392 e. The van der Waals surface area contributed by atoms with Crippen LogP contribution in [0.1, 0.15) is 20.3 Å². The van der Waals surface area contributed by atoms with Crippen LogP contribution in [0.5, 0.6) is 0 Å². The lowest BCUT2D eigenvalue weighted by molar-refractivity contribution is -0.130. The van der Waals surface area contributed by atoms with Crippen LogP contribution in [-0.4, -0.2) is 53.9 Å². The molecule has 0 spiro atoms. The van der Waals surface area contributed by atoms with Gasteiger partial charge in [-0.05, 0) is 19.9 Å². The molecule has 0 saturated heterocycles. The maximum absolute atomic E-state index is 11.6. The third-order valence-corrected chi connectivity index (χ3v) is 2.31. The minimum atomic E-state index is 0.113. The summed E-state index contributed by atoms with van der Waals surface area (Å²) in [7, 11) is 1.80. The molecular formula is C10H21N3OS. The minimum absolute atomic E-state index is 0.113. The highest BCUT2D eigenvalue weighted by Gasteiger charge is 2.13. The van der Waals surface area contributed by atoms with E-state index in [1.165, 1.54) is 0 Å². The lowest BCUT2D eigenvalue weighted by Crippen LogP contribution is -2.41. The van der Waals surface area contributed by atoms with E-state index >= 15 is 0 Å². The zero-order valence-corrected chi connectivity index (χ0v) is 10.6. The van der Waals surface area contributed by atoms with Crippen molar-refractivity contribution in [3.05, 3.63) is 0 Å². The second kappa shape index (κ2) is 7.59. The number of nitrogens with zero attached hydrogens (tertiary/aromatic N) is 2. The van der Waals surface area contributed by atoms with Gasteiger partial charge in [-0.3, -0.25) is 9.69 Å². The van der Waals surface area contributed by atoms with Crippen molar-refractivity contribution in [1.82, 2.24) is 9.80 Å². The minimum Gasteiger partial charge on any atom is -0.392 e. The van der Waals surface area contributed by atoms with Crippen molar-refractivity contribution in [3.8, 4) is 0 Å². The van der Waals surface area contributed by atoms with Crippen molar-refractivity contribution in [2.75, 3.05) is 33.2 Å². The third kappa shape index (κ3) is 6.41. The van der Waals surface area contributed by atoms with E-state index in [-0.39, 0.29) is 5.91 Å². The van der Waals surface area contributed by atoms with E-state index in [2.05, 4.69) is 6.92 Å². The zero-order valence-electron chi connectivity index (χ0n) is 9.82. The van der Waals surface area contributed by atoms with E-state index in [1.807, 2.05) is 11.8 Å². The van der Waals surface area contributed by atoms with Gasteiger partial charge < -0.3 is 10.6 Å². The maximum atomic E-state index is 11.6. The van der Waals surface area contributed by atoms with Gasteiger partial charge in [0.05, 0.1) is 11.5 Å². The van der Waals surface area contributed by atoms with Gasteiger partial charge in [0, 0.05) is 20.1 Å². The first kappa shape index (κ1) is 14.3. The number of amides is 1. The predicted octanol–water partition coefficient (Wildman–Crippen LogP) is 0.463. The lowest BCUT2D eigenvalue weighted by Gasteiger charge is -2.23. The van der Waals surface area contributed by atoms with E-state index < -0.39 is 0 Å². The summed E-state index contributed by atoms with van der Waals surface area (Å²) in [6, 6.07) is 0. The lowest BCUT2D eigenvalue weighted by atomic mass is 10.3. The van der Waals surface area contributed by atoms with Crippen LogP contribution >= 0.6 is 12.2 Å². The van der Waals surface area contributed by atoms with Gasteiger partial charge in [-0.2, -0.15) is 0 Å². The molecule has 88 valence electrons. The fourth-order valence-corrected chi connectivity index (χ4v) is 1.42.